The number of ether oxygens (including phenoxy) is 1. The highest BCUT2D eigenvalue weighted by atomic mass is 79.9. The predicted octanol–water partition coefficient (Wildman–Crippen LogP) is 2.77. The molecule has 5 nitrogen and oxygen atoms in total. The highest BCUT2D eigenvalue weighted by Crippen LogP contribution is 2.20. The van der Waals surface area contributed by atoms with Gasteiger partial charge in [0.15, 0.2) is 0 Å². The van der Waals surface area contributed by atoms with Crippen molar-refractivity contribution in [1.29, 1.82) is 0 Å². The fourth-order valence-electron chi connectivity index (χ4n) is 1.57. The second-order valence-electron chi connectivity index (χ2n) is 4.05. The molecule has 2 aromatic rings. The molecule has 7 heteroatoms. The summed E-state index contributed by atoms with van der Waals surface area (Å²) in [5.74, 6) is 0.658. The van der Waals surface area contributed by atoms with E-state index in [-0.39, 0.29) is 4.90 Å². The summed E-state index contributed by atoms with van der Waals surface area (Å²) in [6, 6.07) is 13.4. The maximum atomic E-state index is 12.0. The fourth-order valence-corrected chi connectivity index (χ4v) is 2.73. The van der Waals surface area contributed by atoms with E-state index in [1.165, 1.54) is 18.3 Å². The monoisotopic (exact) mass is 368 g/mol. The fraction of sp³-hybridized carbons (Fsp3) is 0.0714. The van der Waals surface area contributed by atoms with Crippen molar-refractivity contribution in [3.8, 4) is 5.75 Å². The summed E-state index contributed by atoms with van der Waals surface area (Å²) < 4.78 is 29.8. The maximum absolute atomic E-state index is 12.0. The molecule has 2 rings (SSSR count). The van der Waals surface area contributed by atoms with E-state index in [0.29, 0.717) is 11.3 Å². The molecule has 0 aliphatic carbocycles. The third kappa shape index (κ3) is 4.05. The van der Waals surface area contributed by atoms with Crippen LogP contribution in [0.1, 0.15) is 5.56 Å². The molecule has 0 saturated carbocycles. The molecule has 0 fully saturated rings. The summed E-state index contributed by atoms with van der Waals surface area (Å²) in [5.41, 5.74) is 0.699. The lowest BCUT2D eigenvalue weighted by Gasteiger charge is -2.04. The molecule has 0 aliphatic heterocycles. The number of nitrogens with one attached hydrogen (secondary N) is 1. The lowest BCUT2D eigenvalue weighted by molar-refractivity contribution is 0.414. The first kappa shape index (κ1) is 15.5. The zero-order chi connectivity index (χ0) is 15.3. The molecule has 0 amide bonds. The standard InChI is InChI=1S/C14H13BrN2O3S/c1-20-12-7-8-14(15)11(9-12)10-16-17-21(18,19)13-5-3-2-4-6-13/h2-10,17H,1H3/b16-10-. The van der Waals surface area contributed by atoms with Gasteiger partial charge in [0.05, 0.1) is 18.2 Å². The van der Waals surface area contributed by atoms with E-state index in [9.17, 15) is 8.42 Å². The molecular formula is C14H13BrN2O3S. The Morgan fingerprint density at radius 3 is 2.57 bits per heavy atom. The molecule has 0 aliphatic rings. The minimum absolute atomic E-state index is 0.159. The number of nitrogens with zero attached hydrogens (tertiary/aromatic N) is 1. The van der Waals surface area contributed by atoms with Gasteiger partial charge in [0, 0.05) is 10.0 Å². The minimum atomic E-state index is -3.65. The minimum Gasteiger partial charge on any atom is -0.497 e. The quantitative estimate of drug-likeness (QED) is 0.651. The molecule has 21 heavy (non-hydrogen) atoms. The Bertz CT molecular complexity index is 746. The Hall–Kier alpha value is -1.86. The third-order valence-corrected chi connectivity index (χ3v) is 4.59. The van der Waals surface area contributed by atoms with Gasteiger partial charge in [-0.25, -0.2) is 4.83 Å². The van der Waals surface area contributed by atoms with E-state index < -0.39 is 10.0 Å². The Labute approximate surface area is 131 Å². The molecule has 110 valence electrons. The number of sulfonamides is 1. The van der Waals surface area contributed by atoms with Crippen molar-refractivity contribution in [3.05, 3.63) is 58.6 Å². The average Bonchev–Trinajstić information content (AvgIpc) is 2.50. The largest absolute Gasteiger partial charge is 0.497 e. The summed E-state index contributed by atoms with van der Waals surface area (Å²) in [6.45, 7) is 0. The first-order valence-electron chi connectivity index (χ1n) is 5.96. The van der Waals surface area contributed by atoms with Gasteiger partial charge in [0.2, 0.25) is 0 Å². The maximum Gasteiger partial charge on any atom is 0.276 e. The molecule has 0 aromatic heterocycles. The zero-order valence-corrected chi connectivity index (χ0v) is 13.6. The van der Waals surface area contributed by atoms with Crippen molar-refractivity contribution in [1.82, 2.24) is 4.83 Å². The van der Waals surface area contributed by atoms with E-state index in [4.69, 9.17) is 4.74 Å². The van der Waals surface area contributed by atoms with Crippen molar-refractivity contribution < 1.29 is 13.2 Å². The van der Waals surface area contributed by atoms with Gasteiger partial charge in [-0.3, -0.25) is 0 Å². The normalized spacial score (nSPS) is 11.5. The van der Waals surface area contributed by atoms with Crippen LogP contribution in [-0.4, -0.2) is 21.7 Å². The predicted molar refractivity (Wildman–Crippen MR) is 85.1 cm³/mol. The van der Waals surface area contributed by atoms with Gasteiger partial charge in [-0.05, 0) is 30.3 Å². The Kier molecular flexibility index (Phi) is 4.98. The number of halogens is 1. The van der Waals surface area contributed by atoms with Crippen LogP contribution in [-0.2, 0) is 10.0 Å². The first-order valence-corrected chi connectivity index (χ1v) is 8.24. The summed E-state index contributed by atoms with van der Waals surface area (Å²) >= 11 is 3.36. The highest BCUT2D eigenvalue weighted by Gasteiger charge is 2.11. The van der Waals surface area contributed by atoms with Crippen LogP contribution in [0.25, 0.3) is 0 Å². The van der Waals surface area contributed by atoms with Crippen LogP contribution in [0.2, 0.25) is 0 Å². The van der Waals surface area contributed by atoms with E-state index in [2.05, 4.69) is 25.9 Å². The molecule has 0 saturated heterocycles. The number of methoxy groups -OCH3 is 1. The molecular weight excluding hydrogens is 356 g/mol. The van der Waals surface area contributed by atoms with Crippen molar-refractivity contribution >= 4 is 32.2 Å². The summed E-state index contributed by atoms with van der Waals surface area (Å²) in [5, 5.41) is 3.78. The van der Waals surface area contributed by atoms with Crippen LogP contribution in [0.5, 0.6) is 5.75 Å². The molecule has 0 atom stereocenters. The van der Waals surface area contributed by atoms with E-state index >= 15 is 0 Å². The van der Waals surface area contributed by atoms with Crippen molar-refractivity contribution in [2.75, 3.05) is 7.11 Å². The summed E-state index contributed by atoms with van der Waals surface area (Å²) in [4.78, 5) is 2.33. The van der Waals surface area contributed by atoms with Crippen LogP contribution in [0, 0.1) is 0 Å². The summed E-state index contributed by atoms with van der Waals surface area (Å²) in [7, 11) is -2.10. The van der Waals surface area contributed by atoms with Crippen LogP contribution in [0.15, 0.2) is 63.0 Å². The number of hydrogen-bond donors (Lipinski definition) is 1. The van der Waals surface area contributed by atoms with E-state index in [0.717, 1.165) is 4.47 Å². The number of hydrazone groups is 1. The third-order valence-electron chi connectivity index (χ3n) is 2.63. The Balaban J connectivity index is 2.16. The first-order chi connectivity index (χ1) is 10.0. The van der Waals surface area contributed by atoms with Crippen molar-refractivity contribution in [3.63, 3.8) is 0 Å². The van der Waals surface area contributed by atoms with E-state index in [1.54, 1.807) is 43.5 Å². The van der Waals surface area contributed by atoms with Gasteiger partial charge in [-0.2, -0.15) is 13.5 Å². The van der Waals surface area contributed by atoms with Crippen LogP contribution < -0.4 is 9.57 Å². The average molecular weight is 369 g/mol. The van der Waals surface area contributed by atoms with Crippen molar-refractivity contribution in [2.45, 2.75) is 4.90 Å². The smallest absolute Gasteiger partial charge is 0.276 e. The molecule has 0 spiro atoms. The van der Waals surface area contributed by atoms with Gasteiger partial charge in [-0.1, -0.05) is 34.1 Å². The molecule has 0 heterocycles. The van der Waals surface area contributed by atoms with Gasteiger partial charge in [0.25, 0.3) is 10.0 Å². The van der Waals surface area contributed by atoms with Crippen LogP contribution in [0.4, 0.5) is 0 Å². The second kappa shape index (κ2) is 6.73. The molecule has 0 unspecified atom stereocenters. The molecule has 1 N–H and O–H groups in total. The van der Waals surface area contributed by atoms with Crippen LogP contribution in [0.3, 0.4) is 0 Å². The number of rotatable bonds is 5. The lowest BCUT2D eigenvalue weighted by Crippen LogP contribution is -2.18. The molecule has 0 bridgehead atoms. The van der Waals surface area contributed by atoms with Crippen LogP contribution >= 0.6 is 15.9 Å². The molecule has 0 radical (unpaired) electrons. The Morgan fingerprint density at radius 2 is 1.90 bits per heavy atom. The summed E-state index contributed by atoms with van der Waals surface area (Å²) in [6.07, 6.45) is 1.41. The van der Waals surface area contributed by atoms with E-state index in [1.807, 2.05) is 0 Å². The van der Waals surface area contributed by atoms with Gasteiger partial charge in [0.1, 0.15) is 5.75 Å². The van der Waals surface area contributed by atoms with Gasteiger partial charge < -0.3 is 4.74 Å². The van der Waals surface area contributed by atoms with Gasteiger partial charge >= 0.3 is 0 Å². The van der Waals surface area contributed by atoms with Crippen molar-refractivity contribution in [2.24, 2.45) is 5.10 Å². The zero-order valence-electron chi connectivity index (χ0n) is 11.2. The SMILES string of the molecule is COc1ccc(Br)c(/C=N\NS(=O)(=O)c2ccccc2)c1. The lowest BCUT2D eigenvalue weighted by atomic mass is 10.2. The second-order valence-corrected chi connectivity index (χ2v) is 6.57. The molecule has 2 aromatic carbocycles. The Morgan fingerprint density at radius 1 is 1.19 bits per heavy atom. The highest BCUT2D eigenvalue weighted by molar-refractivity contribution is 9.10. The van der Waals surface area contributed by atoms with Gasteiger partial charge in [-0.15, -0.1) is 0 Å². The topological polar surface area (TPSA) is 67.8 Å². The number of hydrogen-bond acceptors (Lipinski definition) is 4. The number of benzene rings is 2.